The maximum Gasteiger partial charge on any atom is 0.387 e. The molecule has 0 aliphatic carbocycles. The fourth-order valence-electron chi connectivity index (χ4n) is 2.03. The van der Waals surface area contributed by atoms with Crippen molar-refractivity contribution in [1.29, 1.82) is 0 Å². The zero-order valence-corrected chi connectivity index (χ0v) is 14.3. The number of hydrogen-bond acceptors (Lipinski definition) is 5. The summed E-state index contributed by atoms with van der Waals surface area (Å²) in [6, 6.07) is 13.7. The average molecular weight is 380 g/mol. The topological polar surface area (TPSA) is 46.5 Å². The lowest BCUT2D eigenvalue weighted by atomic mass is 10.2. The lowest BCUT2D eigenvalue weighted by Crippen LogP contribution is -2.04. The number of alkyl halides is 2. The molecule has 0 bridgehead atoms. The Balaban J connectivity index is 1.68. The number of hydrogen-bond donors (Lipinski definition) is 1. The van der Waals surface area contributed by atoms with Crippen molar-refractivity contribution < 1.29 is 13.5 Å². The van der Waals surface area contributed by atoms with Crippen LogP contribution in [0.1, 0.15) is 5.56 Å². The quantitative estimate of drug-likeness (QED) is 0.453. The van der Waals surface area contributed by atoms with Crippen molar-refractivity contribution in [2.24, 2.45) is 5.10 Å². The molecule has 1 aromatic heterocycles. The van der Waals surface area contributed by atoms with E-state index in [2.05, 4.69) is 20.2 Å². The number of aromatic nitrogens is 1. The Morgan fingerprint density at radius 3 is 2.68 bits per heavy atom. The highest BCUT2D eigenvalue weighted by molar-refractivity contribution is 7.14. The molecule has 8 heteroatoms. The van der Waals surface area contributed by atoms with Gasteiger partial charge >= 0.3 is 6.61 Å². The summed E-state index contributed by atoms with van der Waals surface area (Å²) in [4.78, 5) is 4.41. The average Bonchev–Trinajstić information content (AvgIpc) is 3.05. The second-order valence-corrected chi connectivity index (χ2v) is 6.13. The molecule has 1 N–H and O–H groups in total. The highest BCUT2D eigenvalue weighted by Crippen LogP contribution is 2.26. The van der Waals surface area contributed by atoms with E-state index in [0.717, 1.165) is 11.3 Å². The first-order valence-electron chi connectivity index (χ1n) is 7.16. The van der Waals surface area contributed by atoms with E-state index in [1.54, 1.807) is 30.3 Å². The summed E-state index contributed by atoms with van der Waals surface area (Å²) in [5.41, 5.74) is 4.95. The molecule has 0 fully saturated rings. The largest absolute Gasteiger partial charge is 0.434 e. The van der Waals surface area contributed by atoms with E-state index in [9.17, 15) is 8.78 Å². The summed E-state index contributed by atoms with van der Waals surface area (Å²) in [7, 11) is 0. The van der Waals surface area contributed by atoms with Crippen LogP contribution >= 0.6 is 22.9 Å². The first kappa shape index (κ1) is 17.3. The van der Waals surface area contributed by atoms with E-state index in [4.69, 9.17) is 11.6 Å². The number of ether oxygens (including phenoxy) is 1. The third kappa shape index (κ3) is 4.74. The number of rotatable bonds is 6. The molecule has 0 aliphatic heterocycles. The molecule has 4 nitrogen and oxygen atoms in total. The monoisotopic (exact) mass is 379 g/mol. The molecule has 0 spiro atoms. The van der Waals surface area contributed by atoms with Gasteiger partial charge < -0.3 is 4.74 Å². The van der Waals surface area contributed by atoms with Gasteiger partial charge in [0, 0.05) is 21.5 Å². The number of anilines is 1. The minimum absolute atomic E-state index is 0.0593. The van der Waals surface area contributed by atoms with E-state index in [-0.39, 0.29) is 5.75 Å². The van der Waals surface area contributed by atoms with Gasteiger partial charge in [0.2, 0.25) is 5.13 Å². The van der Waals surface area contributed by atoms with Crippen molar-refractivity contribution in [3.8, 4) is 17.0 Å². The van der Waals surface area contributed by atoms with Crippen LogP contribution in [-0.4, -0.2) is 17.8 Å². The van der Waals surface area contributed by atoms with Crippen LogP contribution < -0.4 is 10.2 Å². The van der Waals surface area contributed by atoms with Crippen molar-refractivity contribution in [3.05, 3.63) is 64.5 Å². The summed E-state index contributed by atoms with van der Waals surface area (Å²) in [5.74, 6) is 0.0593. The van der Waals surface area contributed by atoms with Crippen LogP contribution in [0, 0.1) is 0 Å². The minimum Gasteiger partial charge on any atom is -0.434 e. The molecule has 0 saturated heterocycles. The Morgan fingerprint density at radius 2 is 1.92 bits per heavy atom. The Labute approximate surface area is 151 Å². The number of halogens is 3. The van der Waals surface area contributed by atoms with E-state index in [1.165, 1.54) is 23.6 Å². The number of nitrogens with zero attached hydrogens (tertiary/aromatic N) is 2. The third-order valence-electron chi connectivity index (χ3n) is 3.14. The maximum absolute atomic E-state index is 12.4. The van der Waals surface area contributed by atoms with Crippen molar-refractivity contribution in [2.45, 2.75) is 6.61 Å². The van der Waals surface area contributed by atoms with Crippen molar-refractivity contribution in [3.63, 3.8) is 0 Å². The Bertz CT molecular complexity index is 868. The van der Waals surface area contributed by atoms with Gasteiger partial charge in [0.15, 0.2) is 0 Å². The molecule has 3 rings (SSSR count). The fraction of sp³-hybridized carbons (Fsp3) is 0.0588. The van der Waals surface area contributed by atoms with Gasteiger partial charge in [0.25, 0.3) is 0 Å². The normalized spacial score (nSPS) is 11.2. The molecule has 1 heterocycles. The van der Waals surface area contributed by atoms with Crippen molar-refractivity contribution in [2.75, 3.05) is 5.43 Å². The molecule has 0 unspecified atom stereocenters. The minimum atomic E-state index is -2.89. The fourth-order valence-corrected chi connectivity index (χ4v) is 2.82. The highest BCUT2D eigenvalue weighted by Gasteiger charge is 2.08. The van der Waals surface area contributed by atoms with Gasteiger partial charge in [-0.3, -0.25) is 5.43 Å². The number of para-hydroxylation sites is 1. The van der Waals surface area contributed by atoms with E-state index in [0.29, 0.717) is 15.7 Å². The summed E-state index contributed by atoms with van der Waals surface area (Å²) in [6.07, 6.45) is 1.40. The van der Waals surface area contributed by atoms with Crippen molar-refractivity contribution >= 4 is 34.3 Å². The second kappa shape index (κ2) is 8.04. The smallest absolute Gasteiger partial charge is 0.387 e. The van der Waals surface area contributed by atoms with Crippen LogP contribution in [0.4, 0.5) is 13.9 Å². The Morgan fingerprint density at radius 1 is 1.16 bits per heavy atom. The van der Waals surface area contributed by atoms with Gasteiger partial charge in [-0.2, -0.15) is 13.9 Å². The molecular formula is C17H12ClF2N3OS. The number of thiazole rings is 1. The van der Waals surface area contributed by atoms with Gasteiger partial charge in [0.1, 0.15) is 5.75 Å². The van der Waals surface area contributed by atoms with E-state index < -0.39 is 6.61 Å². The van der Waals surface area contributed by atoms with Crippen LogP contribution in [0.5, 0.6) is 5.75 Å². The number of hydrazone groups is 1. The molecule has 2 aromatic carbocycles. The molecule has 3 aromatic rings. The van der Waals surface area contributed by atoms with Crippen molar-refractivity contribution in [1.82, 2.24) is 4.98 Å². The van der Waals surface area contributed by atoms with Crippen LogP contribution in [0.2, 0.25) is 5.02 Å². The Hall–Kier alpha value is -2.51. The predicted octanol–water partition coefficient (Wildman–Crippen LogP) is 5.51. The van der Waals surface area contributed by atoms with Gasteiger partial charge in [-0.15, -0.1) is 11.3 Å². The molecular weight excluding hydrogens is 368 g/mol. The lowest BCUT2D eigenvalue weighted by Gasteiger charge is -2.06. The zero-order chi connectivity index (χ0) is 17.6. The molecule has 25 heavy (non-hydrogen) atoms. The molecule has 0 radical (unpaired) electrons. The first-order chi connectivity index (χ1) is 12.1. The number of nitrogens with one attached hydrogen (secondary N) is 1. The summed E-state index contributed by atoms with van der Waals surface area (Å²) < 4.78 is 29.2. The zero-order valence-electron chi connectivity index (χ0n) is 12.7. The molecule has 0 aliphatic rings. The molecule has 128 valence electrons. The highest BCUT2D eigenvalue weighted by atomic mass is 35.5. The first-order valence-corrected chi connectivity index (χ1v) is 8.42. The predicted molar refractivity (Wildman–Crippen MR) is 96.9 cm³/mol. The molecule has 0 saturated carbocycles. The van der Waals surface area contributed by atoms with Crippen LogP contribution in [-0.2, 0) is 0 Å². The third-order valence-corrected chi connectivity index (χ3v) is 4.14. The maximum atomic E-state index is 12.4. The Kier molecular flexibility index (Phi) is 5.57. The van der Waals surface area contributed by atoms with Gasteiger partial charge in [0.05, 0.1) is 11.9 Å². The van der Waals surface area contributed by atoms with Gasteiger partial charge in [-0.05, 0) is 24.3 Å². The summed E-state index contributed by atoms with van der Waals surface area (Å²) in [5, 5.41) is 7.15. The number of benzene rings is 2. The lowest BCUT2D eigenvalue weighted by molar-refractivity contribution is -0.0499. The van der Waals surface area contributed by atoms with E-state index >= 15 is 0 Å². The molecule has 0 atom stereocenters. The van der Waals surface area contributed by atoms with Gasteiger partial charge in [-0.1, -0.05) is 35.9 Å². The van der Waals surface area contributed by atoms with Crippen LogP contribution in [0.3, 0.4) is 0 Å². The van der Waals surface area contributed by atoms with Crippen LogP contribution in [0.15, 0.2) is 59.0 Å². The van der Waals surface area contributed by atoms with Crippen LogP contribution in [0.25, 0.3) is 11.3 Å². The van der Waals surface area contributed by atoms with Gasteiger partial charge in [-0.25, -0.2) is 4.98 Å². The molecule has 0 amide bonds. The summed E-state index contributed by atoms with van der Waals surface area (Å²) in [6.45, 7) is -2.89. The standard InChI is InChI=1S/C17H12ClF2N3OS/c18-13-7-5-11(6-8-13)14-10-25-17(22-14)23-21-9-12-3-1-2-4-15(12)24-16(19)20/h1-10,16H,(H,22,23)/b21-9-. The summed E-state index contributed by atoms with van der Waals surface area (Å²) >= 11 is 7.25. The van der Waals surface area contributed by atoms with E-state index in [1.807, 2.05) is 17.5 Å². The SMILES string of the molecule is FC(F)Oc1ccccc1/C=N\Nc1nc(-c2ccc(Cl)cc2)cs1. The second-order valence-electron chi connectivity index (χ2n) is 4.83.